The highest BCUT2D eigenvalue weighted by atomic mass is 32.2. The van der Waals surface area contributed by atoms with Gasteiger partial charge in [-0.2, -0.15) is 9.57 Å². The molecule has 32 heavy (non-hydrogen) atoms. The standard InChI is InChI=1S/C22H20N4O4S2/c23-15-16-5-1-4-8-19(16)32(29,30)25-13-11-24(12-14-25)21(28)22-10-9-20(27)26(22)17-6-2-3-7-18(17)31-22/h1-8H,9-14H2. The summed E-state index contributed by atoms with van der Waals surface area (Å²) in [6.07, 6.45) is 0.741. The zero-order valence-corrected chi connectivity index (χ0v) is 18.7. The smallest absolute Gasteiger partial charge is 0.259 e. The number of piperazine rings is 1. The van der Waals surface area contributed by atoms with E-state index in [0.717, 1.165) is 10.6 Å². The fraction of sp³-hybridized carbons (Fsp3) is 0.318. The minimum Gasteiger partial charge on any atom is -0.337 e. The first-order valence-corrected chi connectivity index (χ1v) is 12.5. The van der Waals surface area contributed by atoms with Gasteiger partial charge in [0.2, 0.25) is 15.9 Å². The molecule has 0 spiro atoms. The van der Waals surface area contributed by atoms with Gasteiger partial charge < -0.3 is 4.90 Å². The molecule has 2 saturated heterocycles. The first kappa shape index (κ1) is 21.0. The van der Waals surface area contributed by atoms with Crippen molar-refractivity contribution in [2.75, 3.05) is 31.1 Å². The molecule has 2 amide bonds. The highest BCUT2D eigenvalue weighted by Crippen LogP contribution is 2.56. The fourth-order valence-electron chi connectivity index (χ4n) is 4.58. The van der Waals surface area contributed by atoms with Crippen LogP contribution in [0.3, 0.4) is 0 Å². The second-order valence-electron chi connectivity index (χ2n) is 7.89. The summed E-state index contributed by atoms with van der Waals surface area (Å²) in [6, 6.07) is 15.6. The van der Waals surface area contributed by atoms with Crippen LogP contribution in [-0.4, -0.2) is 60.5 Å². The van der Waals surface area contributed by atoms with Gasteiger partial charge in [-0.15, -0.1) is 0 Å². The van der Waals surface area contributed by atoms with Crippen molar-refractivity contribution in [2.45, 2.75) is 27.5 Å². The molecule has 5 rings (SSSR count). The maximum atomic E-state index is 13.6. The van der Waals surface area contributed by atoms with Crippen LogP contribution >= 0.6 is 11.8 Å². The first-order chi connectivity index (χ1) is 15.4. The van der Waals surface area contributed by atoms with Crippen LogP contribution in [0, 0.1) is 11.3 Å². The monoisotopic (exact) mass is 468 g/mol. The van der Waals surface area contributed by atoms with Gasteiger partial charge in [-0.3, -0.25) is 14.5 Å². The number of hydrogen-bond donors (Lipinski definition) is 0. The van der Waals surface area contributed by atoms with Crippen molar-refractivity contribution in [3.63, 3.8) is 0 Å². The summed E-state index contributed by atoms with van der Waals surface area (Å²) in [5, 5.41) is 9.28. The predicted molar refractivity (Wildman–Crippen MR) is 118 cm³/mol. The van der Waals surface area contributed by atoms with Gasteiger partial charge in [0.05, 0.1) is 16.1 Å². The number of benzene rings is 2. The maximum Gasteiger partial charge on any atom is 0.259 e. The van der Waals surface area contributed by atoms with Crippen LogP contribution in [0.25, 0.3) is 0 Å². The van der Waals surface area contributed by atoms with Crippen molar-refractivity contribution in [1.29, 1.82) is 5.26 Å². The number of thioether (sulfide) groups is 1. The van der Waals surface area contributed by atoms with E-state index in [1.54, 1.807) is 21.9 Å². The van der Waals surface area contributed by atoms with Crippen molar-refractivity contribution in [3.05, 3.63) is 54.1 Å². The van der Waals surface area contributed by atoms with Crippen molar-refractivity contribution in [1.82, 2.24) is 9.21 Å². The predicted octanol–water partition coefficient (Wildman–Crippen LogP) is 2.02. The molecular formula is C22H20N4O4S2. The second kappa shape index (κ2) is 7.62. The number of carbonyl (C=O) groups excluding carboxylic acids is 2. The number of nitrogens with zero attached hydrogens (tertiary/aromatic N) is 4. The summed E-state index contributed by atoms with van der Waals surface area (Å²) >= 11 is 1.41. The Morgan fingerprint density at radius 2 is 1.72 bits per heavy atom. The molecule has 10 heteroatoms. The summed E-state index contributed by atoms with van der Waals surface area (Å²) in [6.45, 7) is 0.728. The van der Waals surface area contributed by atoms with E-state index in [2.05, 4.69) is 0 Å². The third-order valence-corrected chi connectivity index (χ3v) is 9.58. The van der Waals surface area contributed by atoms with Gasteiger partial charge in [0.25, 0.3) is 5.91 Å². The lowest BCUT2D eigenvalue weighted by molar-refractivity contribution is -0.135. The molecule has 2 aromatic rings. The highest BCUT2D eigenvalue weighted by molar-refractivity contribution is 8.02. The van der Waals surface area contributed by atoms with Crippen molar-refractivity contribution >= 4 is 39.3 Å². The van der Waals surface area contributed by atoms with E-state index in [-0.39, 0.29) is 48.5 Å². The van der Waals surface area contributed by atoms with Crippen LogP contribution in [0.5, 0.6) is 0 Å². The number of carbonyl (C=O) groups is 2. The molecule has 0 N–H and O–H groups in total. The number of anilines is 1. The molecule has 0 radical (unpaired) electrons. The van der Waals surface area contributed by atoms with Crippen molar-refractivity contribution < 1.29 is 18.0 Å². The Labute approximate surface area is 190 Å². The second-order valence-corrected chi connectivity index (χ2v) is 11.1. The van der Waals surface area contributed by atoms with E-state index in [9.17, 15) is 23.3 Å². The minimum absolute atomic E-state index is 0.0183. The summed E-state index contributed by atoms with van der Waals surface area (Å²) in [5.74, 6) is -0.218. The molecule has 3 aliphatic heterocycles. The van der Waals surface area contributed by atoms with Crippen LogP contribution < -0.4 is 4.90 Å². The number of sulfonamides is 1. The maximum absolute atomic E-state index is 13.6. The van der Waals surface area contributed by atoms with Crippen LogP contribution in [0.1, 0.15) is 18.4 Å². The van der Waals surface area contributed by atoms with E-state index in [0.29, 0.717) is 12.8 Å². The van der Waals surface area contributed by atoms with Crippen LogP contribution in [-0.2, 0) is 19.6 Å². The van der Waals surface area contributed by atoms with Gasteiger partial charge in [-0.25, -0.2) is 8.42 Å². The Hall–Kier alpha value is -2.87. The summed E-state index contributed by atoms with van der Waals surface area (Å²) in [7, 11) is -3.84. The molecule has 1 atom stereocenters. The zero-order chi connectivity index (χ0) is 22.5. The van der Waals surface area contributed by atoms with Gasteiger partial charge in [0.15, 0.2) is 4.87 Å². The quantitative estimate of drug-likeness (QED) is 0.683. The number of hydrogen-bond acceptors (Lipinski definition) is 6. The Morgan fingerprint density at radius 1 is 1.03 bits per heavy atom. The molecule has 3 aliphatic rings. The van der Waals surface area contributed by atoms with Crippen molar-refractivity contribution in [2.24, 2.45) is 0 Å². The Kier molecular flexibility index (Phi) is 5.00. The third kappa shape index (κ3) is 3.03. The average Bonchev–Trinajstić information content (AvgIpc) is 3.34. The normalized spacial score (nSPS) is 23.0. The Morgan fingerprint density at radius 3 is 2.47 bits per heavy atom. The van der Waals surface area contributed by atoms with E-state index >= 15 is 0 Å². The summed E-state index contributed by atoms with van der Waals surface area (Å²) in [5.41, 5.74) is 0.868. The highest BCUT2D eigenvalue weighted by Gasteiger charge is 2.58. The molecule has 0 aromatic heterocycles. The number of nitriles is 1. The van der Waals surface area contributed by atoms with Crippen LogP contribution in [0.4, 0.5) is 5.69 Å². The molecule has 164 valence electrons. The van der Waals surface area contributed by atoms with Gasteiger partial charge in [-0.1, -0.05) is 36.0 Å². The molecule has 8 nitrogen and oxygen atoms in total. The average molecular weight is 469 g/mol. The molecule has 0 bridgehead atoms. The SMILES string of the molecule is N#Cc1ccccc1S(=O)(=O)N1CCN(C(=O)C23CCC(=O)N2c2ccccc2S3)CC1. The molecular weight excluding hydrogens is 448 g/mol. The lowest BCUT2D eigenvalue weighted by Crippen LogP contribution is -2.58. The van der Waals surface area contributed by atoms with Gasteiger partial charge in [0, 0.05) is 37.5 Å². The molecule has 1 unspecified atom stereocenters. The largest absolute Gasteiger partial charge is 0.337 e. The number of amides is 2. The molecule has 2 fully saturated rings. The van der Waals surface area contributed by atoms with E-state index < -0.39 is 14.9 Å². The lowest BCUT2D eigenvalue weighted by atomic mass is 10.1. The number of rotatable bonds is 3. The fourth-order valence-corrected chi connectivity index (χ4v) is 7.64. The van der Waals surface area contributed by atoms with Gasteiger partial charge >= 0.3 is 0 Å². The van der Waals surface area contributed by atoms with Crippen LogP contribution in [0.15, 0.2) is 58.3 Å². The van der Waals surface area contributed by atoms with E-state index in [4.69, 9.17) is 0 Å². The van der Waals surface area contributed by atoms with Gasteiger partial charge in [0.1, 0.15) is 6.07 Å². The van der Waals surface area contributed by atoms with Crippen molar-refractivity contribution in [3.8, 4) is 6.07 Å². The Bertz CT molecular complexity index is 1260. The topological polar surface area (TPSA) is 102 Å². The summed E-state index contributed by atoms with van der Waals surface area (Å²) in [4.78, 5) is 29.5. The Balaban J connectivity index is 1.36. The number of fused-ring (bicyclic) bond motifs is 3. The lowest BCUT2D eigenvalue weighted by Gasteiger charge is -2.39. The molecule has 0 saturated carbocycles. The number of para-hydroxylation sites is 1. The zero-order valence-electron chi connectivity index (χ0n) is 17.1. The van der Waals surface area contributed by atoms with E-state index in [1.165, 1.54) is 28.2 Å². The first-order valence-electron chi connectivity index (χ1n) is 10.3. The molecule has 0 aliphatic carbocycles. The minimum atomic E-state index is -3.84. The van der Waals surface area contributed by atoms with Gasteiger partial charge in [-0.05, 0) is 30.7 Å². The molecule has 3 heterocycles. The van der Waals surface area contributed by atoms with Crippen LogP contribution in [0.2, 0.25) is 0 Å². The van der Waals surface area contributed by atoms with E-state index in [1.807, 2.05) is 30.3 Å². The molecule has 2 aromatic carbocycles. The summed E-state index contributed by atoms with van der Waals surface area (Å²) < 4.78 is 27.5. The third-order valence-electron chi connectivity index (χ3n) is 6.16.